The minimum absolute atomic E-state index is 0.214. The highest BCUT2D eigenvalue weighted by Crippen LogP contribution is 2.57. The highest BCUT2D eigenvalue weighted by Gasteiger charge is 2.39. The standard InChI is InChI=1S/C51H37NS/c1-51(2)43-29-13-11-23-38(43)41-27-16-31-45(49(41)51)52(46-32-17-28-42-39-24-12-14-33-47(39)53-50(42)46)44-30-15-26-37(35-20-7-4-8-21-35)48(44)40-25-10-9-22-36(40)34-18-5-3-6-19-34/h3-33H,1-2H3. The van der Waals surface area contributed by atoms with Gasteiger partial charge < -0.3 is 4.90 Å². The highest BCUT2D eigenvalue weighted by molar-refractivity contribution is 7.26. The summed E-state index contributed by atoms with van der Waals surface area (Å²) in [7, 11) is 0. The summed E-state index contributed by atoms with van der Waals surface area (Å²) in [4.78, 5) is 2.59. The van der Waals surface area contributed by atoms with Crippen molar-refractivity contribution in [3.05, 3.63) is 199 Å². The van der Waals surface area contributed by atoms with Crippen LogP contribution >= 0.6 is 11.3 Å². The molecule has 1 aliphatic carbocycles. The molecule has 0 spiro atoms. The Kier molecular flexibility index (Phi) is 7.42. The van der Waals surface area contributed by atoms with E-state index in [4.69, 9.17) is 0 Å². The van der Waals surface area contributed by atoms with Crippen molar-refractivity contribution in [1.29, 1.82) is 0 Å². The topological polar surface area (TPSA) is 3.24 Å². The van der Waals surface area contributed by atoms with Gasteiger partial charge in [0.15, 0.2) is 0 Å². The van der Waals surface area contributed by atoms with Crippen molar-refractivity contribution in [2.75, 3.05) is 4.90 Å². The van der Waals surface area contributed by atoms with Crippen LogP contribution in [-0.4, -0.2) is 0 Å². The fourth-order valence-electron chi connectivity index (χ4n) is 8.74. The van der Waals surface area contributed by atoms with E-state index in [1.807, 2.05) is 11.3 Å². The van der Waals surface area contributed by atoms with Gasteiger partial charge in [-0.05, 0) is 74.3 Å². The summed E-state index contributed by atoms with van der Waals surface area (Å²) >= 11 is 1.89. The van der Waals surface area contributed by atoms with Gasteiger partial charge in [0.05, 0.1) is 21.8 Å². The Bertz CT molecular complexity index is 2810. The maximum Gasteiger partial charge on any atom is 0.0640 e. The third kappa shape index (κ3) is 4.98. The summed E-state index contributed by atoms with van der Waals surface area (Å²) in [5.41, 5.74) is 15.9. The summed E-state index contributed by atoms with van der Waals surface area (Å²) in [6.45, 7) is 4.79. The largest absolute Gasteiger partial charge is 0.308 e. The van der Waals surface area contributed by atoms with Crippen LogP contribution in [0.25, 0.3) is 64.7 Å². The van der Waals surface area contributed by atoms with E-state index in [0.717, 1.165) is 5.69 Å². The van der Waals surface area contributed by atoms with Gasteiger partial charge in [-0.2, -0.15) is 0 Å². The number of nitrogens with zero attached hydrogens (tertiary/aromatic N) is 1. The second-order valence-electron chi connectivity index (χ2n) is 14.4. The van der Waals surface area contributed by atoms with Crippen LogP contribution in [0.3, 0.4) is 0 Å². The van der Waals surface area contributed by atoms with Crippen LogP contribution in [0, 0.1) is 0 Å². The van der Waals surface area contributed by atoms with Crippen LogP contribution in [0.2, 0.25) is 0 Å². The quantitative estimate of drug-likeness (QED) is 0.167. The van der Waals surface area contributed by atoms with Crippen LogP contribution in [0.4, 0.5) is 17.1 Å². The molecule has 1 heterocycles. The molecule has 53 heavy (non-hydrogen) atoms. The van der Waals surface area contributed by atoms with Crippen LogP contribution in [-0.2, 0) is 5.41 Å². The Balaban J connectivity index is 1.35. The second kappa shape index (κ2) is 12.5. The number of rotatable bonds is 6. The first-order valence-electron chi connectivity index (χ1n) is 18.4. The minimum Gasteiger partial charge on any atom is -0.308 e. The van der Waals surface area contributed by atoms with Gasteiger partial charge in [0.1, 0.15) is 0 Å². The Hall–Kier alpha value is -6.22. The van der Waals surface area contributed by atoms with E-state index in [1.165, 1.54) is 87.2 Å². The number of fused-ring (bicyclic) bond motifs is 6. The van der Waals surface area contributed by atoms with Gasteiger partial charge in [0, 0.05) is 26.5 Å². The molecule has 10 rings (SSSR count). The second-order valence-corrected chi connectivity index (χ2v) is 15.5. The van der Waals surface area contributed by atoms with Gasteiger partial charge in [-0.1, -0.05) is 178 Å². The van der Waals surface area contributed by atoms with E-state index in [0.29, 0.717) is 0 Å². The van der Waals surface area contributed by atoms with Crippen molar-refractivity contribution in [3.8, 4) is 44.5 Å². The Morgan fingerprint density at radius 3 is 1.70 bits per heavy atom. The van der Waals surface area contributed by atoms with Gasteiger partial charge in [-0.25, -0.2) is 0 Å². The lowest BCUT2D eigenvalue weighted by Gasteiger charge is -2.34. The van der Waals surface area contributed by atoms with Crippen LogP contribution in [0.1, 0.15) is 25.0 Å². The number of benzene rings is 8. The summed E-state index contributed by atoms with van der Waals surface area (Å²) in [5, 5.41) is 2.58. The first-order valence-corrected chi connectivity index (χ1v) is 19.2. The molecule has 0 saturated heterocycles. The first kappa shape index (κ1) is 31.5. The first-order chi connectivity index (χ1) is 26.1. The maximum absolute atomic E-state index is 2.59. The fraction of sp³-hybridized carbons (Fsp3) is 0.0588. The molecule has 0 amide bonds. The fourth-order valence-corrected chi connectivity index (χ4v) is 9.95. The third-order valence-corrected chi connectivity index (χ3v) is 12.3. The molecule has 1 aliphatic rings. The van der Waals surface area contributed by atoms with Crippen LogP contribution in [0.15, 0.2) is 188 Å². The maximum atomic E-state index is 2.59. The van der Waals surface area contributed by atoms with Crippen molar-refractivity contribution < 1.29 is 0 Å². The monoisotopic (exact) mass is 695 g/mol. The average molecular weight is 696 g/mol. The predicted octanol–water partition coefficient (Wildman–Crippen LogP) is 14.8. The van der Waals surface area contributed by atoms with Crippen LogP contribution in [0.5, 0.6) is 0 Å². The van der Waals surface area contributed by atoms with E-state index >= 15 is 0 Å². The number of anilines is 3. The number of hydrogen-bond acceptors (Lipinski definition) is 2. The summed E-state index contributed by atoms with van der Waals surface area (Å²) in [5.74, 6) is 0. The minimum atomic E-state index is -0.214. The molecule has 0 atom stereocenters. The van der Waals surface area contributed by atoms with E-state index in [2.05, 4.69) is 207 Å². The van der Waals surface area contributed by atoms with Crippen molar-refractivity contribution in [2.45, 2.75) is 19.3 Å². The van der Waals surface area contributed by atoms with Crippen molar-refractivity contribution in [2.24, 2.45) is 0 Å². The molecule has 0 aliphatic heterocycles. The molecule has 252 valence electrons. The van der Waals surface area contributed by atoms with Crippen LogP contribution < -0.4 is 4.90 Å². The SMILES string of the molecule is CC1(C)c2ccccc2-c2cccc(N(c3cccc(-c4ccccc4)c3-c3ccccc3-c3ccccc3)c3cccc4c3sc3ccccc34)c21. The summed E-state index contributed by atoms with van der Waals surface area (Å²) in [6.07, 6.45) is 0. The van der Waals surface area contributed by atoms with Gasteiger partial charge in [-0.15, -0.1) is 11.3 Å². The summed E-state index contributed by atoms with van der Waals surface area (Å²) < 4.78 is 2.58. The van der Waals surface area contributed by atoms with Crippen molar-refractivity contribution in [1.82, 2.24) is 0 Å². The van der Waals surface area contributed by atoms with E-state index in [9.17, 15) is 0 Å². The molecular formula is C51H37NS. The zero-order chi connectivity index (χ0) is 35.5. The molecule has 0 bridgehead atoms. The lowest BCUT2D eigenvalue weighted by atomic mass is 9.81. The molecule has 1 aromatic heterocycles. The smallest absolute Gasteiger partial charge is 0.0640 e. The van der Waals surface area contributed by atoms with Gasteiger partial charge >= 0.3 is 0 Å². The van der Waals surface area contributed by atoms with Crippen molar-refractivity contribution >= 4 is 48.6 Å². The van der Waals surface area contributed by atoms with Gasteiger partial charge in [0.2, 0.25) is 0 Å². The third-order valence-electron chi connectivity index (χ3n) is 11.1. The molecule has 0 saturated carbocycles. The zero-order valence-electron chi connectivity index (χ0n) is 29.8. The molecule has 0 N–H and O–H groups in total. The zero-order valence-corrected chi connectivity index (χ0v) is 30.6. The lowest BCUT2D eigenvalue weighted by Crippen LogP contribution is -2.21. The number of thiophene rings is 1. The lowest BCUT2D eigenvalue weighted by molar-refractivity contribution is 0.661. The molecule has 1 nitrogen and oxygen atoms in total. The number of hydrogen-bond donors (Lipinski definition) is 0. The summed E-state index contributed by atoms with van der Waals surface area (Å²) in [6, 6.07) is 69.1. The Morgan fingerprint density at radius 1 is 0.396 bits per heavy atom. The molecule has 8 aromatic carbocycles. The molecular weight excluding hydrogens is 659 g/mol. The van der Waals surface area contributed by atoms with Gasteiger partial charge in [0.25, 0.3) is 0 Å². The van der Waals surface area contributed by atoms with E-state index < -0.39 is 0 Å². The highest BCUT2D eigenvalue weighted by atomic mass is 32.1. The van der Waals surface area contributed by atoms with E-state index in [-0.39, 0.29) is 5.41 Å². The average Bonchev–Trinajstić information content (AvgIpc) is 3.72. The van der Waals surface area contributed by atoms with Crippen molar-refractivity contribution in [3.63, 3.8) is 0 Å². The molecule has 0 unspecified atom stereocenters. The molecule has 2 heteroatoms. The molecule has 0 fully saturated rings. The Morgan fingerprint density at radius 2 is 0.925 bits per heavy atom. The molecule has 0 radical (unpaired) electrons. The predicted molar refractivity (Wildman–Crippen MR) is 228 cm³/mol. The molecule has 9 aromatic rings. The van der Waals surface area contributed by atoms with Gasteiger partial charge in [-0.3, -0.25) is 0 Å². The van der Waals surface area contributed by atoms with E-state index in [1.54, 1.807) is 0 Å². The Labute approximate surface area is 315 Å². The normalized spacial score (nSPS) is 12.9.